The summed E-state index contributed by atoms with van der Waals surface area (Å²) in [6.45, 7) is 9.42. The second-order valence-electron chi connectivity index (χ2n) is 6.54. The van der Waals surface area contributed by atoms with Crippen LogP contribution in [0.1, 0.15) is 72.1 Å². The van der Waals surface area contributed by atoms with Gasteiger partial charge in [0.25, 0.3) is 0 Å². The van der Waals surface area contributed by atoms with Gasteiger partial charge in [-0.3, -0.25) is 0 Å². The fourth-order valence-electron chi connectivity index (χ4n) is 3.39. The van der Waals surface area contributed by atoms with Gasteiger partial charge in [-0.05, 0) is 52.1 Å². The number of nitrogens with one attached hydrogen (secondary N) is 1. The number of rotatable bonds is 8. The van der Waals surface area contributed by atoms with Crippen LogP contribution in [0.2, 0.25) is 0 Å². The summed E-state index contributed by atoms with van der Waals surface area (Å²) in [5.74, 6) is 0.860. The fourth-order valence-corrected chi connectivity index (χ4v) is 3.39. The molecule has 0 aliphatic heterocycles. The lowest BCUT2D eigenvalue weighted by atomic mass is 9.93. The van der Waals surface area contributed by atoms with Crippen molar-refractivity contribution in [3.05, 3.63) is 0 Å². The van der Waals surface area contributed by atoms with Crippen LogP contribution in [-0.4, -0.2) is 37.1 Å². The quantitative estimate of drug-likeness (QED) is 0.668. The normalized spacial score (nSPS) is 26.4. The highest BCUT2D eigenvalue weighted by molar-refractivity contribution is 4.82. The van der Waals surface area contributed by atoms with Gasteiger partial charge in [-0.1, -0.05) is 39.5 Å². The summed E-state index contributed by atoms with van der Waals surface area (Å²) in [5, 5.41) is 3.81. The summed E-state index contributed by atoms with van der Waals surface area (Å²) in [5.41, 5.74) is 0. The minimum absolute atomic E-state index is 0.736. The van der Waals surface area contributed by atoms with Crippen molar-refractivity contribution in [3.8, 4) is 0 Å². The highest BCUT2D eigenvalue weighted by atomic mass is 15.1. The minimum Gasteiger partial charge on any atom is -0.314 e. The molecule has 0 saturated heterocycles. The summed E-state index contributed by atoms with van der Waals surface area (Å²) in [6, 6.07) is 1.50. The predicted molar refractivity (Wildman–Crippen MR) is 85.7 cm³/mol. The van der Waals surface area contributed by atoms with E-state index >= 15 is 0 Å². The number of hydrogen-bond acceptors (Lipinski definition) is 2. The molecule has 1 rings (SSSR count). The van der Waals surface area contributed by atoms with E-state index in [1.807, 2.05) is 0 Å². The number of nitrogens with zero attached hydrogens (tertiary/aromatic N) is 1. The van der Waals surface area contributed by atoms with E-state index in [2.05, 4.69) is 38.0 Å². The molecular formula is C17H36N2. The smallest absolute Gasteiger partial charge is 0.0107 e. The molecule has 19 heavy (non-hydrogen) atoms. The highest BCUT2D eigenvalue weighted by Crippen LogP contribution is 2.25. The van der Waals surface area contributed by atoms with Crippen LogP contribution >= 0.6 is 0 Å². The third kappa shape index (κ3) is 6.27. The lowest BCUT2D eigenvalue weighted by Gasteiger charge is -2.33. The lowest BCUT2D eigenvalue weighted by Crippen LogP contribution is -2.43. The maximum atomic E-state index is 3.81. The Kier molecular flexibility index (Phi) is 8.72. The van der Waals surface area contributed by atoms with Crippen molar-refractivity contribution in [1.82, 2.24) is 10.2 Å². The molecule has 3 atom stereocenters. The molecule has 0 bridgehead atoms. The molecular weight excluding hydrogens is 232 g/mol. The van der Waals surface area contributed by atoms with Gasteiger partial charge in [-0.2, -0.15) is 0 Å². The van der Waals surface area contributed by atoms with Crippen LogP contribution in [-0.2, 0) is 0 Å². The molecule has 2 nitrogen and oxygen atoms in total. The highest BCUT2D eigenvalue weighted by Gasteiger charge is 2.25. The van der Waals surface area contributed by atoms with E-state index in [1.165, 1.54) is 64.5 Å². The topological polar surface area (TPSA) is 15.3 Å². The average molecular weight is 268 g/mol. The first-order chi connectivity index (χ1) is 9.19. The number of hydrogen-bond donors (Lipinski definition) is 1. The first kappa shape index (κ1) is 17.0. The Balaban J connectivity index is 2.48. The van der Waals surface area contributed by atoms with Crippen molar-refractivity contribution in [3.63, 3.8) is 0 Å². The van der Waals surface area contributed by atoms with Crippen molar-refractivity contribution in [2.45, 2.75) is 84.2 Å². The molecule has 1 fully saturated rings. The van der Waals surface area contributed by atoms with Crippen molar-refractivity contribution < 1.29 is 0 Å². The van der Waals surface area contributed by atoms with Crippen LogP contribution in [0.4, 0.5) is 0 Å². The zero-order chi connectivity index (χ0) is 14.1. The second-order valence-corrected chi connectivity index (χ2v) is 6.54. The van der Waals surface area contributed by atoms with Crippen molar-refractivity contribution in [2.75, 3.05) is 20.1 Å². The molecule has 2 heteroatoms. The van der Waals surface area contributed by atoms with Gasteiger partial charge in [0.1, 0.15) is 0 Å². The van der Waals surface area contributed by atoms with E-state index in [-0.39, 0.29) is 0 Å². The Morgan fingerprint density at radius 1 is 1.11 bits per heavy atom. The Labute approximate surface area is 121 Å². The summed E-state index contributed by atoms with van der Waals surface area (Å²) >= 11 is 0. The summed E-state index contributed by atoms with van der Waals surface area (Å²) < 4.78 is 0. The van der Waals surface area contributed by atoms with E-state index < -0.39 is 0 Å². The molecule has 0 amide bonds. The molecule has 3 unspecified atom stereocenters. The van der Waals surface area contributed by atoms with Gasteiger partial charge in [0.15, 0.2) is 0 Å². The van der Waals surface area contributed by atoms with Crippen molar-refractivity contribution in [1.29, 1.82) is 0 Å². The molecule has 1 aliphatic rings. The SMILES string of the molecule is CCCNC1CCCCCC1CN(C)C(C)CCC. The molecule has 0 aromatic rings. The lowest BCUT2D eigenvalue weighted by molar-refractivity contribution is 0.178. The predicted octanol–water partition coefficient (Wildman–Crippen LogP) is 4.06. The van der Waals surface area contributed by atoms with E-state index in [0.29, 0.717) is 0 Å². The minimum atomic E-state index is 0.736. The summed E-state index contributed by atoms with van der Waals surface area (Å²) in [4.78, 5) is 2.60. The molecule has 1 aliphatic carbocycles. The van der Waals surface area contributed by atoms with Crippen molar-refractivity contribution >= 4 is 0 Å². The Bertz CT molecular complexity index is 217. The zero-order valence-electron chi connectivity index (χ0n) is 13.8. The molecule has 0 heterocycles. The molecule has 0 radical (unpaired) electrons. The van der Waals surface area contributed by atoms with Gasteiger partial charge in [-0.15, -0.1) is 0 Å². The van der Waals surface area contributed by atoms with Crippen LogP contribution in [0.25, 0.3) is 0 Å². The van der Waals surface area contributed by atoms with Gasteiger partial charge in [0, 0.05) is 18.6 Å². The first-order valence-electron chi connectivity index (χ1n) is 8.62. The van der Waals surface area contributed by atoms with Crippen LogP contribution < -0.4 is 5.32 Å². The van der Waals surface area contributed by atoms with Gasteiger partial charge in [0.05, 0.1) is 0 Å². The summed E-state index contributed by atoms with van der Waals surface area (Å²) in [7, 11) is 2.32. The maximum absolute atomic E-state index is 3.81. The molecule has 0 aromatic carbocycles. The Hall–Kier alpha value is -0.0800. The van der Waals surface area contributed by atoms with Crippen molar-refractivity contribution in [2.24, 2.45) is 5.92 Å². The Morgan fingerprint density at radius 3 is 2.53 bits per heavy atom. The largest absolute Gasteiger partial charge is 0.314 e. The molecule has 0 spiro atoms. The van der Waals surface area contributed by atoms with Gasteiger partial charge < -0.3 is 10.2 Å². The van der Waals surface area contributed by atoms with Crippen LogP contribution in [0.15, 0.2) is 0 Å². The first-order valence-corrected chi connectivity index (χ1v) is 8.62. The van der Waals surface area contributed by atoms with Crippen LogP contribution in [0.3, 0.4) is 0 Å². The van der Waals surface area contributed by atoms with E-state index in [9.17, 15) is 0 Å². The van der Waals surface area contributed by atoms with Gasteiger partial charge in [-0.25, -0.2) is 0 Å². The third-order valence-electron chi connectivity index (χ3n) is 4.80. The molecule has 1 N–H and O–H groups in total. The molecule has 0 aromatic heterocycles. The standard InChI is InChI=1S/C17H36N2/c1-5-10-15(3)19(4)14-16-11-8-7-9-12-17(16)18-13-6-2/h15-18H,5-14H2,1-4H3. The zero-order valence-corrected chi connectivity index (χ0v) is 13.8. The van der Waals surface area contributed by atoms with Crippen LogP contribution in [0, 0.1) is 5.92 Å². The second kappa shape index (κ2) is 9.77. The van der Waals surface area contributed by atoms with Gasteiger partial charge >= 0.3 is 0 Å². The van der Waals surface area contributed by atoms with E-state index in [0.717, 1.165) is 18.0 Å². The van der Waals surface area contributed by atoms with Crippen LogP contribution in [0.5, 0.6) is 0 Å². The molecule has 1 saturated carbocycles. The summed E-state index contributed by atoms with van der Waals surface area (Å²) in [6.07, 6.45) is 11.0. The molecule has 114 valence electrons. The van der Waals surface area contributed by atoms with Gasteiger partial charge in [0.2, 0.25) is 0 Å². The van der Waals surface area contributed by atoms with E-state index in [1.54, 1.807) is 0 Å². The Morgan fingerprint density at radius 2 is 1.84 bits per heavy atom. The maximum Gasteiger partial charge on any atom is 0.0107 e. The monoisotopic (exact) mass is 268 g/mol. The third-order valence-corrected chi connectivity index (χ3v) is 4.80. The van der Waals surface area contributed by atoms with E-state index in [4.69, 9.17) is 0 Å². The average Bonchev–Trinajstić information content (AvgIpc) is 2.62. The fraction of sp³-hybridized carbons (Fsp3) is 1.00.